The van der Waals surface area contributed by atoms with Gasteiger partial charge in [-0.2, -0.15) is 0 Å². The van der Waals surface area contributed by atoms with Crippen molar-refractivity contribution in [1.29, 1.82) is 0 Å². The summed E-state index contributed by atoms with van der Waals surface area (Å²) >= 11 is 0. The van der Waals surface area contributed by atoms with Gasteiger partial charge in [-0.1, -0.05) is 79.4 Å². The number of carboxylic acids is 1. The van der Waals surface area contributed by atoms with Crippen molar-refractivity contribution in [2.75, 3.05) is 0 Å². The first kappa shape index (κ1) is 16.5. The molecule has 2 aromatic rings. The van der Waals surface area contributed by atoms with Crippen LogP contribution in [0.25, 0.3) is 0 Å². The second-order valence-corrected chi connectivity index (χ2v) is 11.6. The Morgan fingerprint density at radius 2 is 1.45 bits per heavy atom. The molecular weight excluding hydrogens is 292 g/mol. The summed E-state index contributed by atoms with van der Waals surface area (Å²) in [6.45, 7) is 6.74. The van der Waals surface area contributed by atoms with E-state index in [0.29, 0.717) is 11.1 Å². The number of aliphatic carboxylic acids is 1. The van der Waals surface area contributed by atoms with Crippen LogP contribution in [-0.4, -0.2) is 24.3 Å². The molecule has 0 unspecified atom stereocenters. The molecule has 3 nitrogen and oxygen atoms in total. The molecule has 0 aliphatic rings. The van der Waals surface area contributed by atoms with Gasteiger partial charge in [0.05, 0.1) is 14.2 Å². The van der Waals surface area contributed by atoms with Crippen molar-refractivity contribution in [3.63, 3.8) is 0 Å². The first-order chi connectivity index (χ1) is 10.3. The van der Waals surface area contributed by atoms with Gasteiger partial charge in [0.15, 0.2) is 0 Å². The van der Waals surface area contributed by atoms with E-state index in [4.69, 9.17) is 0 Å². The second-order valence-electron chi connectivity index (χ2n) is 6.54. The quantitative estimate of drug-likeness (QED) is 0.834. The van der Waals surface area contributed by atoms with E-state index in [1.165, 1.54) is 5.19 Å². The number of carboxylic acid groups (broad SMARTS) is 1. The first-order valence-corrected chi connectivity index (χ1v) is 10.9. The molecule has 0 heterocycles. The maximum atomic E-state index is 11.6. The van der Waals surface area contributed by atoms with Crippen molar-refractivity contribution in [3.05, 3.63) is 65.7 Å². The van der Waals surface area contributed by atoms with Crippen LogP contribution >= 0.6 is 0 Å². The maximum Gasteiger partial charge on any atom is 0.314 e. The van der Waals surface area contributed by atoms with Gasteiger partial charge in [-0.3, -0.25) is 4.79 Å². The molecular formula is C18H22O3Si. The van der Waals surface area contributed by atoms with Crippen LogP contribution in [0.1, 0.15) is 23.1 Å². The van der Waals surface area contributed by atoms with Crippen molar-refractivity contribution >= 4 is 19.2 Å². The van der Waals surface area contributed by atoms with E-state index < -0.39 is 26.1 Å². The van der Waals surface area contributed by atoms with Gasteiger partial charge in [-0.15, -0.1) is 0 Å². The Bertz CT molecular complexity index is 630. The number of rotatable bonds is 5. The molecule has 2 rings (SSSR count). The lowest BCUT2D eigenvalue weighted by atomic mass is 9.89. The van der Waals surface area contributed by atoms with Gasteiger partial charge in [-0.05, 0) is 11.1 Å². The highest BCUT2D eigenvalue weighted by Gasteiger charge is 2.29. The van der Waals surface area contributed by atoms with Crippen molar-refractivity contribution in [3.8, 4) is 0 Å². The number of aliphatic hydroxyl groups is 1. The van der Waals surface area contributed by atoms with Gasteiger partial charge < -0.3 is 10.2 Å². The minimum absolute atomic E-state index is 0.615. The minimum atomic E-state index is -1.42. The highest BCUT2D eigenvalue weighted by molar-refractivity contribution is 6.88. The van der Waals surface area contributed by atoms with E-state index in [-0.39, 0.29) is 0 Å². The molecule has 2 aromatic carbocycles. The minimum Gasteiger partial charge on any atom is -0.481 e. The summed E-state index contributed by atoms with van der Waals surface area (Å²) in [5.74, 6) is -1.98. The number of carbonyl (C=O) groups is 1. The summed E-state index contributed by atoms with van der Waals surface area (Å²) in [6.07, 6.45) is -1.06. The Morgan fingerprint density at radius 3 is 1.91 bits per heavy atom. The van der Waals surface area contributed by atoms with Gasteiger partial charge >= 0.3 is 5.97 Å². The molecule has 0 aliphatic carbocycles. The lowest BCUT2D eigenvalue weighted by molar-refractivity contribution is -0.141. The fourth-order valence-corrected chi connectivity index (χ4v) is 3.66. The number of benzene rings is 2. The molecule has 0 amide bonds. The van der Waals surface area contributed by atoms with E-state index >= 15 is 0 Å². The lowest BCUT2D eigenvalue weighted by Gasteiger charge is -2.22. The standard InChI is InChI=1S/C18H22O3Si/c1-22(2,3)15-11-9-13(10-12-15)16(18(20)21)17(19)14-7-5-4-6-8-14/h4-12,16-17,19H,1-3H3,(H,20,21)/t16-,17-/m1/s1. The molecule has 0 spiro atoms. The molecule has 0 saturated carbocycles. The third-order valence-corrected chi connectivity index (χ3v) is 5.92. The number of aliphatic hydroxyl groups excluding tert-OH is 1. The molecule has 4 heteroatoms. The van der Waals surface area contributed by atoms with E-state index in [0.717, 1.165) is 0 Å². The third kappa shape index (κ3) is 3.64. The Kier molecular flexibility index (Phi) is 4.83. The van der Waals surface area contributed by atoms with Crippen LogP contribution in [-0.2, 0) is 4.79 Å². The predicted molar refractivity (Wildman–Crippen MR) is 91.2 cm³/mol. The van der Waals surface area contributed by atoms with Crippen molar-refractivity contribution in [2.24, 2.45) is 0 Å². The maximum absolute atomic E-state index is 11.6. The SMILES string of the molecule is C[Si](C)(C)c1ccc([C@@H](C(=O)O)[C@H](O)c2ccccc2)cc1. The molecule has 0 aromatic heterocycles. The topological polar surface area (TPSA) is 57.5 Å². The number of hydrogen-bond donors (Lipinski definition) is 2. The molecule has 0 saturated heterocycles. The fourth-order valence-electron chi connectivity index (χ4n) is 2.49. The zero-order chi connectivity index (χ0) is 16.3. The van der Waals surface area contributed by atoms with E-state index in [2.05, 4.69) is 19.6 Å². The van der Waals surface area contributed by atoms with Crippen LogP contribution < -0.4 is 5.19 Å². The highest BCUT2D eigenvalue weighted by Crippen LogP contribution is 2.31. The van der Waals surface area contributed by atoms with Crippen LogP contribution in [0.15, 0.2) is 54.6 Å². The smallest absolute Gasteiger partial charge is 0.314 e. The van der Waals surface area contributed by atoms with Crippen LogP contribution in [0.3, 0.4) is 0 Å². The number of hydrogen-bond acceptors (Lipinski definition) is 2. The van der Waals surface area contributed by atoms with Gasteiger partial charge in [0.2, 0.25) is 0 Å². The van der Waals surface area contributed by atoms with Crippen molar-refractivity contribution in [1.82, 2.24) is 0 Å². The van der Waals surface area contributed by atoms with E-state index in [1.807, 2.05) is 30.3 Å². The Hall–Kier alpha value is -1.91. The molecule has 0 fully saturated rings. The Labute approximate surface area is 132 Å². The first-order valence-electron chi connectivity index (χ1n) is 7.37. The van der Waals surface area contributed by atoms with Crippen LogP contribution in [0, 0.1) is 0 Å². The van der Waals surface area contributed by atoms with E-state index in [1.54, 1.807) is 24.3 Å². The van der Waals surface area contributed by atoms with E-state index in [9.17, 15) is 15.0 Å². The van der Waals surface area contributed by atoms with Crippen LogP contribution in [0.5, 0.6) is 0 Å². The zero-order valence-corrected chi connectivity index (χ0v) is 14.2. The largest absolute Gasteiger partial charge is 0.481 e. The normalized spacial score (nSPS) is 14.4. The molecule has 2 N–H and O–H groups in total. The van der Waals surface area contributed by atoms with Gasteiger partial charge in [0.1, 0.15) is 5.92 Å². The third-order valence-electron chi connectivity index (χ3n) is 3.86. The molecule has 116 valence electrons. The monoisotopic (exact) mass is 314 g/mol. The second kappa shape index (κ2) is 6.46. The van der Waals surface area contributed by atoms with Crippen molar-refractivity contribution in [2.45, 2.75) is 31.7 Å². The zero-order valence-electron chi connectivity index (χ0n) is 13.2. The fraction of sp³-hybridized carbons (Fsp3) is 0.278. The average Bonchev–Trinajstić information content (AvgIpc) is 2.47. The summed E-state index contributed by atoms with van der Waals surface area (Å²) in [7, 11) is -1.42. The van der Waals surface area contributed by atoms with Crippen LogP contribution in [0.4, 0.5) is 0 Å². The summed E-state index contributed by atoms with van der Waals surface area (Å²) in [5, 5.41) is 21.3. The molecule has 2 atom stereocenters. The summed E-state index contributed by atoms with van der Waals surface area (Å²) in [5.41, 5.74) is 1.25. The summed E-state index contributed by atoms with van der Waals surface area (Å²) < 4.78 is 0. The average molecular weight is 314 g/mol. The van der Waals surface area contributed by atoms with Gasteiger partial charge in [0.25, 0.3) is 0 Å². The van der Waals surface area contributed by atoms with Gasteiger partial charge in [-0.25, -0.2) is 0 Å². The Balaban J connectivity index is 2.35. The highest BCUT2D eigenvalue weighted by atomic mass is 28.3. The van der Waals surface area contributed by atoms with Crippen LogP contribution in [0.2, 0.25) is 19.6 Å². The Morgan fingerprint density at radius 1 is 0.909 bits per heavy atom. The summed E-state index contributed by atoms with van der Waals surface area (Å²) in [4.78, 5) is 11.6. The lowest BCUT2D eigenvalue weighted by Crippen LogP contribution is -2.37. The summed E-state index contributed by atoms with van der Waals surface area (Å²) in [6, 6.07) is 16.6. The van der Waals surface area contributed by atoms with Crippen molar-refractivity contribution < 1.29 is 15.0 Å². The molecule has 22 heavy (non-hydrogen) atoms. The molecule has 0 aliphatic heterocycles. The van der Waals surface area contributed by atoms with Gasteiger partial charge in [0, 0.05) is 0 Å². The molecule has 0 bridgehead atoms. The molecule has 0 radical (unpaired) electrons. The predicted octanol–water partition coefficient (Wildman–Crippen LogP) is 3.13.